The summed E-state index contributed by atoms with van der Waals surface area (Å²) in [5.74, 6) is -7.65. The standard InChI is InChI=1S/C31H31F4N5O6/c1-17-10-20(40-8-9-46-16-26(40)31(2,34)35)13-22(33)27(17)28(42)37-24(29(43)44)12-18-4-5-23(21(32)11-18)38-30(45)39(3)25-14-36-7-6-19(25)15-41/h4-7,10-11,13-15,24,26H,8-9,12,16H2,1-3H3,(H,37,42)(H,38,45)(H,43,44)/t24-,26+/m0/s1. The predicted molar refractivity (Wildman–Crippen MR) is 160 cm³/mol. The minimum Gasteiger partial charge on any atom is -0.480 e. The molecule has 3 N–H and O–H groups in total. The van der Waals surface area contributed by atoms with E-state index in [2.05, 4.69) is 15.6 Å². The van der Waals surface area contributed by atoms with Gasteiger partial charge in [-0.05, 0) is 48.4 Å². The van der Waals surface area contributed by atoms with Gasteiger partial charge < -0.3 is 25.4 Å². The van der Waals surface area contributed by atoms with Crippen molar-refractivity contribution < 1.29 is 46.6 Å². The monoisotopic (exact) mass is 645 g/mol. The lowest BCUT2D eigenvalue weighted by Gasteiger charge is -2.40. The molecular weight excluding hydrogens is 614 g/mol. The van der Waals surface area contributed by atoms with Crippen molar-refractivity contribution in [1.82, 2.24) is 10.3 Å². The largest absolute Gasteiger partial charge is 0.480 e. The van der Waals surface area contributed by atoms with Gasteiger partial charge in [0.25, 0.3) is 11.8 Å². The van der Waals surface area contributed by atoms with Crippen molar-refractivity contribution in [2.45, 2.75) is 38.3 Å². The van der Waals surface area contributed by atoms with Gasteiger partial charge >= 0.3 is 12.0 Å². The van der Waals surface area contributed by atoms with Crippen LogP contribution < -0.4 is 20.4 Å². The van der Waals surface area contributed by atoms with Crippen molar-refractivity contribution in [3.05, 3.63) is 82.7 Å². The number of morpholine rings is 1. The first kappa shape index (κ1) is 33.8. The molecule has 4 rings (SSSR count). The zero-order chi connectivity index (χ0) is 33.8. The maximum Gasteiger partial charge on any atom is 0.326 e. The molecular formula is C31H31F4N5O6. The number of halogens is 4. The van der Waals surface area contributed by atoms with Crippen LogP contribution in [0.15, 0.2) is 48.8 Å². The van der Waals surface area contributed by atoms with Crippen LogP contribution in [0, 0.1) is 18.6 Å². The summed E-state index contributed by atoms with van der Waals surface area (Å²) in [5, 5.41) is 14.4. The van der Waals surface area contributed by atoms with Gasteiger partial charge in [0.1, 0.15) is 23.7 Å². The molecule has 0 aliphatic carbocycles. The van der Waals surface area contributed by atoms with Gasteiger partial charge in [-0.25, -0.2) is 27.2 Å². The number of hydrogen-bond donors (Lipinski definition) is 3. The molecule has 46 heavy (non-hydrogen) atoms. The molecule has 0 saturated carbocycles. The highest BCUT2D eigenvalue weighted by atomic mass is 19.3. The number of anilines is 3. The number of urea groups is 1. The number of nitrogens with one attached hydrogen (secondary N) is 2. The Kier molecular flexibility index (Phi) is 10.2. The highest BCUT2D eigenvalue weighted by Crippen LogP contribution is 2.32. The Bertz CT molecular complexity index is 1630. The number of aromatic nitrogens is 1. The number of aliphatic carboxylic acids is 1. The number of ether oxygens (including phenoxy) is 1. The summed E-state index contributed by atoms with van der Waals surface area (Å²) in [6.45, 7) is 2.07. The minimum absolute atomic E-state index is 0.0704. The first-order valence-electron chi connectivity index (χ1n) is 14.0. The molecule has 0 bridgehead atoms. The lowest BCUT2D eigenvalue weighted by molar-refractivity contribution is -0.139. The molecule has 244 valence electrons. The number of carbonyl (C=O) groups is 4. The van der Waals surface area contributed by atoms with Gasteiger partial charge in [-0.15, -0.1) is 0 Å². The van der Waals surface area contributed by atoms with Gasteiger partial charge in [0, 0.05) is 44.4 Å². The Balaban J connectivity index is 1.47. The Morgan fingerprint density at radius 2 is 1.93 bits per heavy atom. The third kappa shape index (κ3) is 7.59. The minimum atomic E-state index is -3.16. The number of aryl methyl sites for hydroxylation is 1. The molecule has 15 heteroatoms. The average Bonchev–Trinajstić information content (AvgIpc) is 3.00. The summed E-state index contributed by atoms with van der Waals surface area (Å²) < 4.78 is 63.8. The molecule has 0 unspecified atom stereocenters. The molecule has 11 nitrogen and oxygen atoms in total. The van der Waals surface area contributed by atoms with Gasteiger partial charge in [-0.3, -0.25) is 19.5 Å². The first-order valence-corrected chi connectivity index (χ1v) is 14.0. The number of carbonyl (C=O) groups excluding carboxylic acids is 3. The fourth-order valence-corrected chi connectivity index (χ4v) is 5.05. The topological polar surface area (TPSA) is 141 Å². The van der Waals surface area contributed by atoms with Crippen LogP contribution >= 0.6 is 0 Å². The number of benzene rings is 2. The molecule has 3 amide bonds. The van der Waals surface area contributed by atoms with E-state index < -0.39 is 59.5 Å². The van der Waals surface area contributed by atoms with E-state index in [9.17, 15) is 37.5 Å². The first-order chi connectivity index (χ1) is 21.7. The quantitative estimate of drug-likeness (QED) is 0.217. The van der Waals surface area contributed by atoms with E-state index in [-0.39, 0.29) is 53.5 Å². The normalized spacial score (nSPS) is 15.5. The highest BCUT2D eigenvalue weighted by Gasteiger charge is 2.41. The number of carboxylic acid groups (broad SMARTS) is 1. The third-order valence-corrected chi connectivity index (χ3v) is 7.49. The molecule has 1 aliphatic heterocycles. The van der Waals surface area contributed by atoms with Crippen molar-refractivity contribution in [2.75, 3.05) is 41.9 Å². The van der Waals surface area contributed by atoms with Crippen molar-refractivity contribution >= 4 is 41.3 Å². The van der Waals surface area contributed by atoms with Crippen molar-refractivity contribution in [1.29, 1.82) is 0 Å². The lowest BCUT2D eigenvalue weighted by Crippen LogP contribution is -2.54. The number of carboxylic acids is 1. The number of nitrogens with zero attached hydrogens (tertiary/aromatic N) is 3. The van der Waals surface area contributed by atoms with Crippen molar-refractivity contribution in [2.24, 2.45) is 0 Å². The summed E-state index contributed by atoms with van der Waals surface area (Å²) in [6, 6.07) is 3.48. The Labute approximate surface area is 261 Å². The van der Waals surface area contributed by atoms with E-state index in [0.717, 1.165) is 24.0 Å². The molecule has 1 aromatic heterocycles. The number of amides is 3. The van der Waals surface area contributed by atoms with E-state index in [0.29, 0.717) is 6.29 Å². The van der Waals surface area contributed by atoms with Crippen LogP contribution in [0.5, 0.6) is 0 Å². The van der Waals surface area contributed by atoms with Crippen molar-refractivity contribution in [3.63, 3.8) is 0 Å². The molecule has 0 spiro atoms. The number of aldehydes is 1. The molecule has 1 fully saturated rings. The maximum atomic E-state index is 15.3. The number of pyridine rings is 1. The zero-order valence-electron chi connectivity index (χ0n) is 25.0. The molecule has 2 aromatic carbocycles. The van der Waals surface area contributed by atoms with Gasteiger partial charge in [-0.2, -0.15) is 0 Å². The zero-order valence-corrected chi connectivity index (χ0v) is 25.0. The maximum absolute atomic E-state index is 15.3. The van der Waals surface area contributed by atoms with Gasteiger partial charge in [0.05, 0.1) is 36.3 Å². The average molecular weight is 646 g/mol. The van der Waals surface area contributed by atoms with E-state index in [1.165, 1.54) is 55.5 Å². The van der Waals surface area contributed by atoms with Crippen LogP contribution in [0.2, 0.25) is 0 Å². The number of alkyl halides is 2. The van der Waals surface area contributed by atoms with Gasteiger partial charge in [0.15, 0.2) is 6.29 Å². The summed E-state index contributed by atoms with van der Waals surface area (Å²) in [7, 11) is 1.35. The number of hydrogen-bond acceptors (Lipinski definition) is 7. The van der Waals surface area contributed by atoms with Gasteiger partial charge in [0.2, 0.25) is 0 Å². The van der Waals surface area contributed by atoms with Crippen LogP contribution in [0.3, 0.4) is 0 Å². The third-order valence-electron chi connectivity index (χ3n) is 7.49. The summed E-state index contributed by atoms with van der Waals surface area (Å²) in [5.41, 5.74) is -0.00157. The van der Waals surface area contributed by atoms with Crippen LogP contribution in [-0.4, -0.2) is 79.1 Å². The molecule has 0 radical (unpaired) electrons. The van der Waals surface area contributed by atoms with E-state index in [1.807, 2.05) is 0 Å². The SMILES string of the molecule is Cc1cc(N2CCOC[C@@H]2C(C)(F)F)cc(F)c1C(=O)N[C@@H](Cc1ccc(NC(=O)N(C)c2cnccc2C=O)c(F)c1)C(=O)O. The second-order valence-corrected chi connectivity index (χ2v) is 10.8. The Hall–Kier alpha value is -5.05. The fourth-order valence-electron chi connectivity index (χ4n) is 5.05. The van der Waals surface area contributed by atoms with Crippen LogP contribution in [0.1, 0.15) is 38.8 Å². The van der Waals surface area contributed by atoms with Crippen LogP contribution in [0.25, 0.3) is 0 Å². The smallest absolute Gasteiger partial charge is 0.326 e. The Morgan fingerprint density at radius 3 is 2.57 bits per heavy atom. The summed E-state index contributed by atoms with van der Waals surface area (Å²) in [4.78, 5) is 55.2. The summed E-state index contributed by atoms with van der Waals surface area (Å²) >= 11 is 0. The second kappa shape index (κ2) is 13.9. The molecule has 1 saturated heterocycles. The second-order valence-electron chi connectivity index (χ2n) is 10.8. The van der Waals surface area contributed by atoms with E-state index in [1.54, 1.807) is 0 Å². The van der Waals surface area contributed by atoms with E-state index >= 15 is 4.39 Å². The predicted octanol–water partition coefficient (Wildman–Crippen LogP) is 4.44. The Morgan fingerprint density at radius 1 is 1.20 bits per heavy atom. The van der Waals surface area contributed by atoms with Crippen LogP contribution in [-0.2, 0) is 16.0 Å². The van der Waals surface area contributed by atoms with Gasteiger partial charge in [-0.1, -0.05) is 6.07 Å². The molecule has 2 atom stereocenters. The molecule has 3 aromatic rings. The molecule has 1 aliphatic rings. The van der Waals surface area contributed by atoms with Crippen LogP contribution in [0.4, 0.5) is 39.4 Å². The van der Waals surface area contributed by atoms with E-state index in [4.69, 9.17) is 4.74 Å². The van der Waals surface area contributed by atoms with Crippen molar-refractivity contribution in [3.8, 4) is 0 Å². The summed E-state index contributed by atoms with van der Waals surface area (Å²) in [6.07, 6.45) is 2.80. The lowest BCUT2D eigenvalue weighted by atomic mass is 10.0. The fraction of sp³-hybridized carbons (Fsp3) is 0.323. The molecule has 2 heterocycles. The number of rotatable bonds is 10. The highest BCUT2D eigenvalue weighted by molar-refractivity contribution is 6.04.